The molecule has 1 fully saturated rings. The molecule has 1 saturated heterocycles. The van der Waals surface area contributed by atoms with E-state index in [1.54, 1.807) is 13.1 Å². The second kappa shape index (κ2) is 7.16. The van der Waals surface area contributed by atoms with E-state index in [0.717, 1.165) is 32.1 Å². The number of rotatable bonds is 3. The minimum absolute atomic E-state index is 0.0907. The number of nitrogens with one attached hydrogen (secondary N) is 1. The van der Waals surface area contributed by atoms with Crippen LogP contribution in [0.5, 0.6) is 0 Å². The van der Waals surface area contributed by atoms with Crippen molar-refractivity contribution in [2.24, 2.45) is 5.92 Å². The van der Waals surface area contributed by atoms with Gasteiger partial charge in [0, 0.05) is 56.1 Å². The molecule has 1 aliphatic heterocycles. The van der Waals surface area contributed by atoms with E-state index in [2.05, 4.69) is 19.9 Å². The van der Waals surface area contributed by atoms with E-state index in [4.69, 9.17) is 0 Å². The molecule has 0 unspecified atom stereocenters. The third-order valence-electron chi connectivity index (χ3n) is 5.82. The lowest BCUT2D eigenvalue weighted by atomic mass is 9.97. The molecular formula is C21H20F2N6O. The number of aromatic nitrogens is 5. The van der Waals surface area contributed by atoms with Crippen LogP contribution < -0.4 is 0 Å². The van der Waals surface area contributed by atoms with Crippen LogP contribution in [0.3, 0.4) is 0 Å². The Bertz CT molecular complexity index is 1260. The minimum atomic E-state index is -0.448. The van der Waals surface area contributed by atoms with Gasteiger partial charge in [0.05, 0.1) is 11.6 Å². The fourth-order valence-corrected chi connectivity index (χ4v) is 4.17. The Kier molecular flexibility index (Phi) is 4.45. The highest BCUT2D eigenvalue weighted by molar-refractivity contribution is 5.92. The zero-order chi connectivity index (χ0) is 20.8. The summed E-state index contributed by atoms with van der Waals surface area (Å²) >= 11 is 0. The van der Waals surface area contributed by atoms with Gasteiger partial charge in [-0.25, -0.2) is 23.7 Å². The fraction of sp³-hybridized carbons (Fsp3) is 0.333. The first kappa shape index (κ1) is 18.7. The second-order valence-corrected chi connectivity index (χ2v) is 7.76. The Balaban J connectivity index is 1.48. The summed E-state index contributed by atoms with van der Waals surface area (Å²) < 4.78 is 30.0. The third kappa shape index (κ3) is 3.20. The van der Waals surface area contributed by atoms with Gasteiger partial charge in [-0.2, -0.15) is 0 Å². The van der Waals surface area contributed by atoms with Crippen LogP contribution in [-0.2, 0) is 11.3 Å². The largest absolute Gasteiger partial charge is 0.345 e. The number of likely N-dealkylation sites (tertiary alicyclic amines) is 1. The molecule has 9 heteroatoms. The van der Waals surface area contributed by atoms with Crippen LogP contribution >= 0.6 is 0 Å². The van der Waals surface area contributed by atoms with Crippen LogP contribution in [0.25, 0.3) is 33.5 Å². The summed E-state index contributed by atoms with van der Waals surface area (Å²) in [5.74, 6) is -0.0136. The average Bonchev–Trinajstić information content (AvgIpc) is 3.29. The molecule has 5 heterocycles. The van der Waals surface area contributed by atoms with E-state index in [1.807, 2.05) is 9.47 Å². The quantitative estimate of drug-likeness (QED) is 0.561. The summed E-state index contributed by atoms with van der Waals surface area (Å²) in [5.41, 5.74) is 1.65. The molecule has 5 rings (SSSR count). The van der Waals surface area contributed by atoms with Crippen LogP contribution in [0.1, 0.15) is 19.8 Å². The maximum Gasteiger partial charge on any atom is 0.219 e. The van der Waals surface area contributed by atoms with Crippen LogP contribution in [-0.4, -0.2) is 48.4 Å². The Hall–Kier alpha value is -3.36. The molecule has 0 bridgehead atoms. The van der Waals surface area contributed by atoms with Gasteiger partial charge < -0.3 is 14.5 Å². The monoisotopic (exact) mass is 410 g/mol. The van der Waals surface area contributed by atoms with Crippen molar-refractivity contribution < 1.29 is 13.6 Å². The van der Waals surface area contributed by atoms with Crippen LogP contribution in [0.2, 0.25) is 0 Å². The first-order valence-electron chi connectivity index (χ1n) is 9.89. The summed E-state index contributed by atoms with van der Waals surface area (Å²) in [6.45, 7) is 3.64. The number of halogens is 2. The summed E-state index contributed by atoms with van der Waals surface area (Å²) in [5, 5.41) is 0.925. The molecule has 0 aromatic carbocycles. The zero-order valence-electron chi connectivity index (χ0n) is 16.4. The minimum Gasteiger partial charge on any atom is -0.345 e. The van der Waals surface area contributed by atoms with Crippen molar-refractivity contribution in [2.75, 3.05) is 13.1 Å². The molecule has 1 N–H and O–H groups in total. The van der Waals surface area contributed by atoms with Crippen molar-refractivity contribution >= 4 is 28.0 Å². The van der Waals surface area contributed by atoms with Crippen LogP contribution in [0.15, 0.2) is 30.9 Å². The Morgan fingerprint density at radius 3 is 2.77 bits per heavy atom. The number of fused-ring (bicyclic) bond motifs is 2. The van der Waals surface area contributed by atoms with E-state index in [-0.39, 0.29) is 11.7 Å². The van der Waals surface area contributed by atoms with Gasteiger partial charge in [-0.1, -0.05) is 0 Å². The normalized spacial score (nSPS) is 15.4. The predicted octanol–water partition coefficient (Wildman–Crippen LogP) is 3.51. The second-order valence-electron chi connectivity index (χ2n) is 7.76. The van der Waals surface area contributed by atoms with Gasteiger partial charge in [-0.05, 0) is 24.8 Å². The van der Waals surface area contributed by atoms with E-state index in [1.165, 1.54) is 18.5 Å². The number of hydrogen-bond acceptors (Lipinski definition) is 4. The highest BCUT2D eigenvalue weighted by Crippen LogP contribution is 2.29. The number of H-pyrrole nitrogens is 1. The van der Waals surface area contributed by atoms with Gasteiger partial charge in [0.1, 0.15) is 17.1 Å². The number of amides is 1. The Morgan fingerprint density at radius 1 is 1.20 bits per heavy atom. The van der Waals surface area contributed by atoms with Gasteiger partial charge in [-0.15, -0.1) is 0 Å². The van der Waals surface area contributed by atoms with Crippen molar-refractivity contribution in [3.63, 3.8) is 0 Å². The van der Waals surface area contributed by atoms with E-state index >= 15 is 0 Å². The summed E-state index contributed by atoms with van der Waals surface area (Å²) in [4.78, 5) is 29.3. The molecule has 0 atom stereocenters. The van der Waals surface area contributed by atoms with Crippen molar-refractivity contribution in [1.29, 1.82) is 0 Å². The predicted molar refractivity (Wildman–Crippen MR) is 108 cm³/mol. The summed E-state index contributed by atoms with van der Waals surface area (Å²) in [6.07, 6.45) is 7.48. The highest BCUT2D eigenvalue weighted by Gasteiger charge is 2.23. The van der Waals surface area contributed by atoms with Gasteiger partial charge in [0.25, 0.3) is 0 Å². The number of carbonyl (C=O) groups excluding carboxylic acids is 1. The molecule has 154 valence electrons. The molecule has 1 amide bonds. The Morgan fingerprint density at radius 2 is 2.00 bits per heavy atom. The number of aromatic amines is 1. The SMILES string of the molecule is CC(=O)N1CCC(Cn2cc(F)c3cnc(-c4c[nH]c5ncc(F)cc45)nc32)CC1. The van der Waals surface area contributed by atoms with E-state index in [0.29, 0.717) is 45.9 Å². The van der Waals surface area contributed by atoms with Crippen LogP contribution in [0.4, 0.5) is 8.78 Å². The van der Waals surface area contributed by atoms with Gasteiger partial charge >= 0.3 is 0 Å². The standard InChI is InChI=1S/C21H20F2N6O/c1-12(30)28-4-2-13(3-5-28)10-29-11-18(23)17-9-26-20(27-21(17)29)16-8-25-19-15(16)6-14(22)7-24-19/h6-9,11,13H,2-5,10H2,1H3,(H,24,25). The molecule has 0 aliphatic carbocycles. The van der Waals surface area contributed by atoms with Crippen molar-refractivity contribution in [2.45, 2.75) is 26.3 Å². The smallest absolute Gasteiger partial charge is 0.219 e. The fourth-order valence-electron chi connectivity index (χ4n) is 4.17. The zero-order valence-corrected chi connectivity index (χ0v) is 16.4. The van der Waals surface area contributed by atoms with Crippen molar-refractivity contribution in [3.8, 4) is 11.4 Å². The number of piperidine rings is 1. The van der Waals surface area contributed by atoms with E-state index < -0.39 is 5.82 Å². The first-order chi connectivity index (χ1) is 14.5. The molecule has 30 heavy (non-hydrogen) atoms. The first-order valence-corrected chi connectivity index (χ1v) is 9.89. The van der Waals surface area contributed by atoms with Crippen molar-refractivity contribution in [1.82, 2.24) is 29.4 Å². The van der Waals surface area contributed by atoms with Gasteiger partial charge in [0.15, 0.2) is 11.6 Å². The highest BCUT2D eigenvalue weighted by atomic mass is 19.1. The lowest BCUT2D eigenvalue weighted by molar-refractivity contribution is -0.130. The number of carbonyl (C=O) groups is 1. The maximum atomic E-state index is 14.5. The molecule has 4 aromatic rings. The lowest BCUT2D eigenvalue weighted by Gasteiger charge is -2.31. The molecule has 4 aromatic heterocycles. The van der Waals surface area contributed by atoms with Gasteiger partial charge in [0.2, 0.25) is 5.91 Å². The maximum absolute atomic E-state index is 14.5. The molecule has 0 radical (unpaired) electrons. The topological polar surface area (TPSA) is 79.7 Å². The molecule has 1 aliphatic rings. The van der Waals surface area contributed by atoms with E-state index in [9.17, 15) is 13.6 Å². The average molecular weight is 410 g/mol. The third-order valence-corrected chi connectivity index (χ3v) is 5.82. The van der Waals surface area contributed by atoms with Crippen molar-refractivity contribution in [3.05, 3.63) is 42.5 Å². The van der Waals surface area contributed by atoms with Gasteiger partial charge in [-0.3, -0.25) is 4.79 Å². The lowest BCUT2D eigenvalue weighted by Crippen LogP contribution is -2.37. The molecule has 0 spiro atoms. The summed E-state index contributed by atoms with van der Waals surface area (Å²) in [7, 11) is 0. The summed E-state index contributed by atoms with van der Waals surface area (Å²) in [6, 6.07) is 1.38. The molecule has 0 saturated carbocycles. The molecule has 7 nitrogen and oxygen atoms in total. The number of pyridine rings is 1. The van der Waals surface area contributed by atoms with Crippen LogP contribution in [0, 0.1) is 17.6 Å². The molecular weight excluding hydrogens is 390 g/mol. The Labute approximate surface area is 170 Å². The number of hydrogen-bond donors (Lipinski definition) is 1. The number of nitrogens with zero attached hydrogens (tertiary/aromatic N) is 5.